The monoisotopic (exact) mass is 316 g/mol. The molecular weight excluding hydrogens is 300 g/mol. The molecule has 0 radical (unpaired) electrons. The number of aromatic nitrogens is 3. The molecule has 0 saturated heterocycles. The third kappa shape index (κ3) is 3.09. The normalized spacial score (nSPS) is 11.7. The number of imidazole rings is 1. The van der Waals surface area contributed by atoms with E-state index in [1.807, 2.05) is 41.9 Å². The first-order valence-corrected chi connectivity index (χ1v) is 8.63. The molecular formula is C15H16N4O2S. The average Bonchev–Trinajstić information content (AvgIpc) is 2.91. The van der Waals surface area contributed by atoms with Crippen LogP contribution in [0.3, 0.4) is 0 Å². The lowest BCUT2D eigenvalue weighted by Gasteiger charge is -2.07. The molecule has 0 aliphatic rings. The second-order valence-corrected chi connectivity index (χ2v) is 6.79. The van der Waals surface area contributed by atoms with E-state index in [2.05, 4.69) is 14.7 Å². The van der Waals surface area contributed by atoms with Crippen molar-refractivity contribution < 1.29 is 8.42 Å². The van der Waals surface area contributed by atoms with Crippen molar-refractivity contribution in [2.24, 2.45) is 0 Å². The molecule has 2 heterocycles. The minimum Gasteiger partial charge on any atom is -0.291 e. The minimum atomic E-state index is -3.26. The Kier molecular flexibility index (Phi) is 3.81. The van der Waals surface area contributed by atoms with E-state index in [0.29, 0.717) is 17.9 Å². The topological polar surface area (TPSA) is 76.4 Å². The second-order valence-electron chi connectivity index (χ2n) is 4.95. The largest absolute Gasteiger partial charge is 0.291 e. The molecule has 7 heteroatoms. The van der Waals surface area contributed by atoms with Crippen LogP contribution >= 0.6 is 0 Å². The van der Waals surface area contributed by atoms with Crippen molar-refractivity contribution in [1.82, 2.24) is 14.4 Å². The SMILES string of the molecule is CCCS(=O)(=O)Nc1ccc(-c2cn3cccnc3n2)cc1. The first-order chi connectivity index (χ1) is 10.6. The summed E-state index contributed by atoms with van der Waals surface area (Å²) in [6.07, 6.45) is 6.05. The Balaban J connectivity index is 1.85. The van der Waals surface area contributed by atoms with Gasteiger partial charge in [0, 0.05) is 29.8 Å². The van der Waals surface area contributed by atoms with Crippen LogP contribution in [0.25, 0.3) is 17.0 Å². The molecule has 22 heavy (non-hydrogen) atoms. The van der Waals surface area contributed by atoms with Gasteiger partial charge in [-0.15, -0.1) is 0 Å². The molecule has 0 unspecified atom stereocenters. The molecule has 1 N–H and O–H groups in total. The van der Waals surface area contributed by atoms with Crippen molar-refractivity contribution in [2.75, 3.05) is 10.5 Å². The lowest BCUT2D eigenvalue weighted by Crippen LogP contribution is -2.15. The van der Waals surface area contributed by atoms with Gasteiger partial charge in [0.25, 0.3) is 0 Å². The number of benzene rings is 1. The Bertz CT molecular complexity index is 852. The first kappa shape index (κ1) is 14.5. The Morgan fingerprint density at radius 1 is 1.23 bits per heavy atom. The number of fused-ring (bicyclic) bond motifs is 1. The zero-order valence-electron chi connectivity index (χ0n) is 12.1. The number of hydrogen-bond acceptors (Lipinski definition) is 4. The van der Waals surface area contributed by atoms with Gasteiger partial charge in [0.05, 0.1) is 11.4 Å². The number of anilines is 1. The molecule has 0 spiro atoms. The summed E-state index contributed by atoms with van der Waals surface area (Å²) in [5.41, 5.74) is 2.25. The summed E-state index contributed by atoms with van der Waals surface area (Å²) in [5.74, 6) is 0.748. The predicted octanol–water partition coefficient (Wildman–Crippen LogP) is 2.55. The molecule has 0 bridgehead atoms. The van der Waals surface area contributed by atoms with Gasteiger partial charge in [-0.2, -0.15) is 0 Å². The molecule has 0 aliphatic carbocycles. The third-order valence-electron chi connectivity index (χ3n) is 3.16. The van der Waals surface area contributed by atoms with Gasteiger partial charge >= 0.3 is 0 Å². The van der Waals surface area contributed by atoms with Gasteiger partial charge in [0.15, 0.2) is 0 Å². The van der Waals surface area contributed by atoms with Crippen LogP contribution in [0.1, 0.15) is 13.3 Å². The Hall–Kier alpha value is -2.41. The summed E-state index contributed by atoms with van der Waals surface area (Å²) in [5, 5.41) is 0. The quantitative estimate of drug-likeness (QED) is 0.785. The van der Waals surface area contributed by atoms with Gasteiger partial charge in [-0.25, -0.2) is 18.4 Å². The number of nitrogens with zero attached hydrogens (tertiary/aromatic N) is 3. The van der Waals surface area contributed by atoms with Crippen LogP contribution < -0.4 is 4.72 Å². The molecule has 2 aromatic heterocycles. The van der Waals surface area contributed by atoms with Crippen molar-refractivity contribution in [1.29, 1.82) is 0 Å². The standard InChI is InChI=1S/C15H16N4O2S/c1-2-10-22(20,21)18-13-6-4-12(5-7-13)14-11-19-9-3-8-16-15(19)17-14/h3-9,11,18H,2,10H2,1H3. The lowest BCUT2D eigenvalue weighted by molar-refractivity contribution is 0.600. The number of sulfonamides is 1. The summed E-state index contributed by atoms with van der Waals surface area (Å²) in [4.78, 5) is 8.60. The van der Waals surface area contributed by atoms with Crippen LogP contribution in [-0.2, 0) is 10.0 Å². The van der Waals surface area contributed by atoms with Gasteiger partial charge in [-0.05, 0) is 24.6 Å². The fourth-order valence-electron chi connectivity index (χ4n) is 2.18. The highest BCUT2D eigenvalue weighted by molar-refractivity contribution is 7.92. The van der Waals surface area contributed by atoms with E-state index in [9.17, 15) is 8.42 Å². The molecule has 0 amide bonds. The van der Waals surface area contributed by atoms with E-state index in [0.717, 1.165) is 11.3 Å². The molecule has 0 atom stereocenters. The van der Waals surface area contributed by atoms with E-state index in [4.69, 9.17) is 0 Å². The smallest absolute Gasteiger partial charge is 0.234 e. The molecule has 3 rings (SSSR count). The van der Waals surface area contributed by atoms with Crippen LogP contribution in [0.4, 0.5) is 5.69 Å². The van der Waals surface area contributed by atoms with Crippen LogP contribution in [-0.4, -0.2) is 28.5 Å². The van der Waals surface area contributed by atoms with Gasteiger partial charge < -0.3 is 0 Å². The van der Waals surface area contributed by atoms with Crippen LogP contribution in [0.5, 0.6) is 0 Å². The minimum absolute atomic E-state index is 0.118. The third-order valence-corrected chi connectivity index (χ3v) is 4.65. The average molecular weight is 316 g/mol. The summed E-state index contributed by atoms with van der Waals surface area (Å²) < 4.78 is 27.9. The fourth-order valence-corrected chi connectivity index (χ4v) is 3.31. The predicted molar refractivity (Wildman–Crippen MR) is 86.1 cm³/mol. The number of rotatable bonds is 5. The first-order valence-electron chi connectivity index (χ1n) is 6.98. The highest BCUT2D eigenvalue weighted by Crippen LogP contribution is 2.21. The lowest BCUT2D eigenvalue weighted by atomic mass is 10.1. The van der Waals surface area contributed by atoms with Crippen LogP contribution in [0, 0.1) is 0 Å². The summed E-state index contributed by atoms with van der Waals surface area (Å²) in [6, 6.07) is 8.99. The molecule has 0 saturated carbocycles. The Morgan fingerprint density at radius 2 is 2.00 bits per heavy atom. The molecule has 1 aromatic carbocycles. The van der Waals surface area contributed by atoms with Crippen LogP contribution in [0.15, 0.2) is 48.9 Å². The molecule has 0 aliphatic heterocycles. The van der Waals surface area contributed by atoms with E-state index in [-0.39, 0.29) is 5.75 Å². The van der Waals surface area contributed by atoms with E-state index in [1.54, 1.807) is 18.3 Å². The zero-order valence-corrected chi connectivity index (χ0v) is 12.9. The molecule has 3 aromatic rings. The van der Waals surface area contributed by atoms with Gasteiger partial charge in [0.2, 0.25) is 15.8 Å². The van der Waals surface area contributed by atoms with Gasteiger partial charge in [-0.1, -0.05) is 19.1 Å². The van der Waals surface area contributed by atoms with Crippen molar-refractivity contribution in [3.8, 4) is 11.3 Å². The molecule has 0 fully saturated rings. The van der Waals surface area contributed by atoms with Crippen molar-refractivity contribution in [2.45, 2.75) is 13.3 Å². The zero-order chi connectivity index (χ0) is 15.6. The van der Waals surface area contributed by atoms with Crippen molar-refractivity contribution >= 4 is 21.5 Å². The maximum atomic E-state index is 11.7. The summed E-state index contributed by atoms with van der Waals surface area (Å²) in [6.45, 7) is 1.83. The second kappa shape index (κ2) is 5.76. The molecule has 6 nitrogen and oxygen atoms in total. The van der Waals surface area contributed by atoms with E-state index < -0.39 is 10.0 Å². The molecule has 114 valence electrons. The van der Waals surface area contributed by atoms with Gasteiger partial charge in [0.1, 0.15) is 0 Å². The van der Waals surface area contributed by atoms with Crippen molar-refractivity contribution in [3.63, 3.8) is 0 Å². The Morgan fingerprint density at radius 3 is 2.68 bits per heavy atom. The van der Waals surface area contributed by atoms with Crippen LogP contribution in [0.2, 0.25) is 0 Å². The van der Waals surface area contributed by atoms with E-state index >= 15 is 0 Å². The number of nitrogens with one attached hydrogen (secondary N) is 1. The summed E-state index contributed by atoms with van der Waals surface area (Å²) in [7, 11) is -3.26. The maximum absolute atomic E-state index is 11.7. The summed E-state index contributed by atoms with van der Waals surface area (Å²) >= 11 is 0. The van der Waals surface area contributed by atoms with Crippen molar-refractivity contribution in [3.05, 3.63) is 48.9 Å². The van der Waals surface area contributed by atoms with Gasteiger partial charge in [-0.3, -0.25) is 9.12 Å². The van der Waals surface area contributed by atoms with E-state index in [1.165, 1.54) is 0 Å². The Labute approximate surface area is 128 Å². The number of hydrogen-bond donors (Lipinski definition) is 1. The maximum Gasteiger partial charge on any atom is 0.234 e. The highest BCUT2D eigenvalue weighted by Gasteiger charge is 2.09. The highest BCUT2D eigenvalue weighted by atomic mass is 32.2. The fraction of sp³-hybridized carbons (Fsp3) is 0.200.